The van der Waals surface area contributed by atoms with E-state index < -0.39 is 0 Å². The lowest BCUT2D eigenvalue weighted by Crippen LogP contribution is -2.09. The normalized spacial score (nSPS) is 11.9. The van der Waals surface area contributed by atoms with Gasteiger partial charge in [-0.1, -0.05) is 48.1 Å². The second-order valence-corrected chi connectivity index (χ2v) is 5.61. The highest BCUT2D eigenvalue weighted by atomic mass is 35.5. The highest BCUT2D eigenvalue weighted by Crippen LogP contribution is 2.29. The number of carbonyl (C=O) groups is 1. The summed E-state index contributed by atoms with van der Waals surface area (Å²) >= 11 is 17.7. The lowest BCUT2D eigenvalue weighted by atomic mass is 9.96. The number of hydrogen-bond donors (Lipinski definition) is 0. The van der Waals surface area contributed by atoms with Gasteiger partial charge in [-0.15, -0.1) is 0 Å². The molecule has 0 aromatic heterocycles. The Balaban J connectivity index is 2.72. The van der Waals surface area contributed by atoms with Crippen LogP contribution in [0, 0.1) is 17.2 Å². The van der Waals surface area contributed by atoms with Crippen LogP contribution in [0.4, 0.5) is 0 Å². The molecule has 0 fully saturated rings. The van der Waals surface area contributed by atoms with Gasteiger partial charge < -0.3 is 0 Å². The van der Waals surface area contributed by atoms with Crippen molar-refractivity contribution in [2.45, 2.75) is 32.6 Å². The summed E-state index contributed by atoms with van der Waals surface area (Å²) in [5.74, 6) is -0.237. The Bertz CT molecular complexity index is 508. The van der Waals surface area contributed by atoms with E-state index >= 15 is 0 Å². The van der Waals surface area contributed by atoms with Crippen LogP contribution < -0.4 is 0 Å². The molecule has 0 aliphatic heterocycles. The van der Waals surface area contributed by atoms with E-state index in [-0.39, 0.29) is 24.5 Å². The van der Waals surface area contributed by atoms with Gasteiger partial charge in [-0.25, -0.2) is 0 Å². The first-order chi connectivity index (χ1) is 8.97. The molecule has 1 aromatic rings. The Morgan fingerprint density at radius 2 is 1.89 bits per heavy atom. The molecular weight excluding hydrogens is 305 g/mol. The van der Waals surface area contributed by atoms with Crippen LogP contribution in [-0.2, 0) is 11.2 Å². The van der Waals surface area contributed by atoms with E-state index in [0.717, 1.165) is 12.8 Å². The number of rotatable bonds is 6. The average Bonchev–Trinajstić information content (AvgIpc) is 2.35. The van der Waals surface area contributed by atoms with Gasteiger partial charge in [0.1, 0.15) is 5.78 Å². The van der Waals surface area contributed by atoms with Crippen molar-refractivity contribution >= 4 is 40.6 Å². The summed E-state index contributed by atoms with van der Waals surface area (Å²) in [5, 5.41) is 10.1. The first-order valence-electron chi connectivity index (χ1n) is 6.02. The van der Waals surface area contributed by atoms with Crippen LogP contribution in [0.25, 0.3) is 0 Å². The van der Waals surface area contributed by atoms with E-state index in [9.17, 15) is 4.79 Å². The topological polar surface area (TPSA) is 40.9 Å². The summed E-state index contributed by atoms with van der Waals surface area (Å²) in [4.78, 5) is 11.9. The SMILES string of the molecule is CCCC(C#N)CC(=O)Cc1cc(Cl)c(Cl)cc1Cl. The molecule has 0 N–H and O–H groups in total. The van der Waals surface area contributed by atoms with Gasteiger partial charge in [0.25, 0.3) is 0 Å². The Morgan fingerprint density at radius 1 is 1.26 bits per heavy atom. The monoisotopic (exact) mass is 317 g/mol. The third-order valence-corrected chi connectivity index (χ3v) is 3.84. The summed E-state index contributed by atoms with van der Waals surface area (Å²) in [5.41, 5.74) is 0.647. The van der Waals surface area contributed by atoms with Crippen molar-refractivity contribution in [3.05, 3.63) is 32.8 Å². The van der Waals surface area contributed by atoms with Crippen LogP contribution in [-0.4, -0.2) is 5.78 Å². The fraction of sp³-hybridized carbons (Fsp3) is 0.429. The molecule has 0 spiro atoms. The predicted molar refractivity (Wildman–Crippen MR) is 78.8 cm³/mol. The van der Waals surface area contributed by atoms with Crippen molar-refractivity contribution in [2.75, 3.05) is 0 Å². The van der Waals surface area contributed by atoms with Crippen LogP contribution in [0.1, 0.15) is 31.7 Å². The maximum atomic E-state index is 11.9. The minimum atomic E-state index is -0.223. The standard InChI is InChI=1S/C14H14Cl3NO/c1-2-3-9(8-18)4-11(19)5-10-6-13(16)14(17)7-12(10)15/h6-7,9H,2-5H2,1H3. The fourth-order valence-electron chi connectivity index (χ4n) is 1.82. The first-order valence-corrected chi connectivity index (χ1v) is 7.16. The molecule has 1 atom stereocenters. The predicted octanol–water partition coefficient (Wildman–Crippen LogP) is 5.09. The Kier molecular flexibility index (Phi) is 6.65. The molecule has 1 aromatic carbocycles. The molecule has 0 aliphatic carbocycles. The summed E-state index contributed by atoms with van der Waals surface area (Å²) in [6.45, 7) is 1.99. The molecule has 0 amide bonds. The maximum absolute atomic E-state index is 11.9. The van der Waals surface area contributed by atoms with Gasteiger partial charge in [-0.3, -0.25) is 4.79 Å². The summed E-state index contributed by atoms with van der Waals surface area (Å²) < 4.78 is 0. The van der Waals surface area contributed by atoms with Gasteiger partial charge >= 0.3 is 0 Å². The highest BCUT2D eigenvalue weighted by molar-refractivity contribution is 6.43. The number of nitrogens with zero attached hydrogens (tertiary/aromatic N) is 1. The second kappa shape index (κ2) is 7.75. The maximum Gasteiger partial charge on any atom is 0.138 e. The van der Waals surface area contributed by atoms with Crippen molar-refractivity contribution in [3.63, 3.8) is 0 Å². The van der Waals surface area contributed by atoms with E-state index in [0.29, 0.717) is 20.6 Å². The van der Waals surface area contributed by atoms with Crippen LogP contribution >= 0.6 is 34.8 Å². The lowest BCUT2D eigenvalue weighted by molar-refractivity contribution is -0.119. The fourth-order valence-corrected chi connectivity index (χ4v) is 2.46. The van der Waals surface area contributed by atoms with E-state index in [1.54, 1.807) is 6.07 Å². The Hall–Kier alpha value is -0.750. The molecule has 0 radical (unpaired) electrons. The molecular formula is C14H14Cl3NO. The Labute approximate surface area is 128 Å². The third-order valence-electron chi connectivity index (χ3n) is 2.77. The zero-order valence-corrected chi connectivity index (χ0v) is 12.8. The molecule has 1 rings (SSSR count). The van der Waals surface area contributed by atoms with E-state index in [1.807, 2.05) is 6.92 Å². The zero-order valence-electron chi connectivity index (χ0n) is 10.5. The van der Waals surface area contributed by atoms with Crippen LogP contribution in [0.5, 0.6) is 0 Å². The van der Waals surface area contributed by atoms with Crippen molar-refractivity contribution < 1.29 is 4.79 Å². The van der Waals surface area contributed by atoms with Gasteiger partial charge in [0.05, 0.1) is 22.0 Å². The van der Waals surface area contributed by atoms with Gasteiger partial charge in [0, 0.05) is 17.9 Å². The van der Waals surface area contributed by atoms with Gasteiger partial charge in [0.15, 0.2) is 0 Å². The number of hydrogen-bond acceptors (Lipinski definition) is 2. The minimum Gasteiger partial charge on any atom is -0.299 e. The van der Waals surface area contributed by atoms with Crippen LogP contribution in [0.3, 0.4) is 0 Å². The molecule has 0 bridgehead atoms. The third kappa shape index (κ3) is 5.03. The molecule has 0 aliphatic rings. The second-order valence-electron chi connectivity index (χ2n) is 4.39. The summed E-state index contributed by atoms with van der Waals surface area (Å²) in [6.07, 6.45) is 2.05. The molecule has 0 saturated heterocycles. The van der Waals surface area contributed by atoms with Crippen molar-refractivity contribution in [1.29, 1.82) is 5.26 Å². The number of halogens is 3. The van der Waals surface area contributed by atoms with Crippen molar-refractivity contribution in [2.24, 2.45) is 5.92 Å². The number of benzene rings is 1. The summed E-state index contributed by atoms with van der Waals surface area (Å²) in [7, 11) is 0. The smallest absolute Gasteiger partial charge is 0.138 e. The van der Waals surface area contributed by atoms with Gasteiger partial charge in [-0.2, -0.15) is 5.26 Å². The van der Waals surface area contributed by atoms with Gasteiger partial charge in [-0.05, 0) is 24.1 Å². The molecule has 19 heavy (non-hydrogen) atoms. The molecule has 2 nitrogen and oxygen atoms in total. The molecule has 0 heterocycles. The quantitative estimate of drug-likeness (QED) is 0.686. The summed E-state index contributed by atoms with van der Waals surface area (Å²) in [6, 6.07) is 5.29. The van der Waals surface area contributed by atoms with Crippen molar-refractivity contribution in [1.82, 2.24) is 0 Å². The average molecular weight is 319 g/mol. The van der Waals surface area contributed by atoms with Crippen molar-refractivity contribution in [3.8, 4) is 6.07 Å². The molecule has 1 unspecified atom stereocenters. The number of ketones is 1. The van der Waals surface area contributed by atoms with E-state index in [1.165, 1.54) is 6.07 Å². The highest BCUT2D eigenvalue weighted by Gasteiger charge is 2.15. The first kappa shape index (κ1) is 16.3. The largest absolute Gasteiger partial charge is 0.299 e. The van der Waals surface area contributed by atoms with Crippen LogP contribution in [0.2, 0.25) is 15.1 Å². The minimum absolute atomic E-state index is 0.0136. The zero-order chi connectivity index (χ0) is 14.4. The molecule has 102 valence electrons. The van der Waals surface area contributed by atoms with E-state index in [2.05, 4.69) is 6.07 Å². The molecule has 0 saturated carbocycles. The lowest BCUT2D eigenvalue weighted by Gasteiger charge is -2.08. The van der Waals surface area contributed by atoms with E-state index in [4.69, 9.17) is 40.1 Å². The number of Topliss-reactive ketones (excluding diaryl/α,β-unsaturated/α-hetero) is 1. The Morgan fingerprint density at radius 3 is 2.47 bits per heavy atom. The number of carbonyl (C=O) groups excluding carboxylic acids is 1. The van der Waals surface area contributed by atoms with Crippen LogP contribution in [0.15, 0.2) is 12.1 Å². The number of nitriles is 1. The van der Waals surface area contributed by atoms with Gasteiger partial charge in [0.2, 0.25) is 0 Å². The molecule has 5 heteroatoms.